The fraction of sp³-hybridized carbons (Fsp3) is 0.792. The Hall–Kier alpha value is -1.36. The summed E-state index contributed by atoms with van der Waals surface area (Å²) in [6, 6.07) is 0. The molecule has 0 amide bonds. The first-order valence-electron chi connectivity index (χ1n) is 11.1. The highest BCUT2D eigenvalue weighted by atomic mass is 19.1. The molecule has 3 unspecified atom stereocenters. The maximum Gasteiger partial charge on any atom is 0.172 e. The molecule has 4 rings (SSSR count). The minimum atomic E-state index is -1.56. The molecule has 0 aliphatic heterocycles. The molecule has 0 saturated heterocycles. The van der Waals surface area contributed by atoms with Crippen molar-refractivity contribution in [2.45, 2.75) is 84.4 Å². The SMILES string of the molecule is CC(=O)CC(=O)[C@@]1(O)[C@@H](C)CC2C3C[C@H](F)C4CC(=O)CC[C@]4(C)C3=CC[C@@]21C. The van der Waals surface area contributed by atoms with Crippen LogP contribution < -0.4 is 0 Å². The zero-order valence-corrected chi connectivity index (χ0v) is 18.0. The summed E-state index contributed by atoms with van der Waals surface area (Å²) < 4.78 is 15.4. The van der Waals surface area contributed by atoms with Gasteiger partial charge in [-0.3, -0.25) is 14.4 Å². The lowest BCUT2D eigenvalue weighted by molar-refractivity contribution is -0.160. The first-order chi connectivity index (χ1) is 13.4. The summed E-state index contributed by atoms with van der Waals surface area (Å²) in [6.07, 6.45) is 3.95. The van der Waals surface area contributed by atoms with Crippen molar-refractivity contribution in [1.29, 1.82) is 0 Å². The largest absolute Gasteiger partial charge is 0.381 e. The van der Waals surface area contributed by atoms with E-state index in [0.29, 0.717) is 38.5 Å². The van der Waals surface area contributed by atoms with E-state index in [1.165, 1.54) is 12.5 Å². The summed E-state index contributed by atoms with van der Waals surface area (Å²) in [4.78, 5) is 36.6. The molecule has 0 bridgehead atoms. The highest BCUT2D eigenvalue weighted by molar-refractivity contribution is 6.03. The van der Waals surface area contributed by atoms with Crippen molar-refractivity contribution in [3.63, 3.8) is 0 Å². The molecular weight excluding hydrogens is 371 g/mol. The van der Waals surface area contributed by atoms with Gasteiger partial charge < -0.3 is 5.11 Å². The molecule has 4 aliphatic carbocycles. The molecule has 3 saturated carbocycles. The van der Waals surface area contributed by atoms with Gasteiger partial charge in [0.05, 0.1) is 6.42 Å². The van der Waals surface area contributed by atoms with Crippen LogP contribution in [0.2, 0.25) is 0 Å². The highest BCUT2D eigenvalue weighted by Crippen LogP contribution is 2.67. The van der Waals surface area contributed by atoms with Crippen LogP contribution in [0.25, 0.3) is 0 Å². The normalized spacial score (nSPS) is 49.0. The van der Waals surface area contributed by atoms with Crippen LogP contribution in [0.1, 0.15) is 72.6 Å². The van der Waals surface area contributed by atoms with Gasteiger partial charge in [0.25, 0.3) is 0 Å². The van der Waals surface area contributed by atoms with Gasteiger partial charge in [0.1, 0.15) is 23.3 Å². The van der Waals surface area contributed by atoms with E-state index in [2.05, 4.69) is 13.0 Å². The van der Waals surface area contributed by atoms with Crippen molar-refractivity contribution in [3.05, 3.63) is 11.6 Å². The van der Waals surface area contributed by atoms with Gasteiger partial charge in [-0.1, -0.05) is 32.4 Å². The molecule has 4 aliphatic rings. The Morgan fingerprint density at radius 3 is 2.59 bits per heavy atom. The number of aliphatic hydroxyl groups is 1. The third-order valence-electron chi connectivity index (χ3n) is 9.24. The molecule has 0 spiro atoms. The van der Waals surface area contributed by atoms with Crippen LogP contribution in [0.4, 0.5) is 4.39 Å². The topological polar surface area (TPSA) is 71.4 Å². The fourth-order valence-corrected chi connectivity index (χ4v) is 7.61. The number of ketones is 3. The molecule has 0 heterocycles. The quantitative estimate of drug-likeness (QED) is 0.570. The van der Waals surface area contributed by atoms with Gasteiger partial charge in [-0.2, -0.15) is 0 Å². The van der Waals surface area contributed by atoms with Crippen molar-refractivity contribution in [2.75, 3.05) is 0 Å². The number of alkyl halides is 1. The van der Waals surface area contributed by atoms with E-state index < -0.39 is 17.2 Å². The van der Waals surface area contributed by atoms with Gasteiger partial charge in [-0.25, -0.2) is 4.39 Å². The monoisotopic (exact) mass is 404 g/mol. The number of hydrogen-bond acceptors (Lipinski definition) is 4. The summed E-state index contributed by atoms with van der Waals surface area (Å²) in [5.41, 5.74) is -1.31. The number of fused-ring (bicyclic) bond motifs is 5. The lowest BCUT2D eigenvalue weighted by Gasteiger charge is -2.57. The molecule has 3 fully saturated rings. The van der Waals surface area contributed by atoms with Crippen molar-refractivity contribution >= 4 is 17.3 Å². The molecule has 0 aromatic carbocycles. The molecule has 0 radical (unpaired) electrons. The van der Waals surface area contributed by atoms with Crippen LogP contribution in [0.3, 0.4) is 0 Å². The number of carbonyl (C=O) groups excluding carboxylic acids is 3. The van der Waals surface area contributed by atoms with E-state index in [4.69, 9.17) is 0 Å². The molecular formula is C24H33FO4. The van der Waals surface area contributed by atoms with Gasteiger partial charge in [-0.15, -0.1) is 0 Å². The van der Waals surface area contributed by atoms with Crippen LogP contribution >= 0.6 is 0 Å². The van der Waals surface area contributed by atoms with Gasteiger partial charge >= 0.3 is 0 Å². The second-order valence-electron chi connectivity index (χ2n) is 10.7. The van der Waals surface area contributed by atoms with Gasteiger partial charge in [0, 0.05) is 24.2 Å². The smallest absolute Gasteiger partial charge is 0.172 e. The van der Waals surface area contributed by atoms with E-state index >= 15 is 4.39 Å². The standard InChI is InChI=1S/C24H33FO4/c1-13-9-18-16-12-20(25)19-11-15(27)5-7-22(19,3)17(16)6-8-23(18,4)24(13,29)21(28)10-14(2)26/h6,13,16,18-20,29H,5,7-12H2,1-4H3/t13-,16?,18?,19?,20-,22+,23-,24-/m0/s1. The predicted molar refractivity (Wildman–Crippen MR) is 107 cm³/mol. The van der Waals surface area contributed by atoms with E-state index in [1.807, 2.05) is 13.8 Å². The number of rotatable bonds is 3. The Bertz CT molecular complexity index is 803. The van der Waals surface area contributed by atoms with E-state index in [0.717, 1.165) is 0 Å². The minimum Gasteiger partial charge on any atom is -0.381 e. The minimum absolute atomic E-state index is 0.00654. The summed E-state index contributed by atoms with van der Waals surface area (Å²) >= 11 is 0. The Kier molecular flexibility index (Phi) is 4.73. The van der Waals surface area contributed by atoms with Crippen molar-refractivity contribution in [3.8, 4) is 0 Å². The molecule has 1 N–H and O–H groups in total. The fourth-order valence-electron chi connectivity index (χ4n) is 7.61. The third kappa shape index (κ3) is 2.68. The molecule has 0 aromatic rings. The maximum absolute atomic E-state index is 15.4. The van der Waals surface area contributed by atoms with Gasteiger partial charge in [0.2, 0.25) is 0 Å². The molecule has 5 heteroatoms. The predicted octanol–water partition coefficient (Wildman–Crippen LogP) is 3.99. The first kappa shape index (κ1) is 20.9. The van der Waals surface area contributed by atoms with E-state index in [9.17, 15) is 19.5 Å². The first-order valence-corrected chi connectivity index (χ1v) is 11.1. The second-order valence-corrected chi connectivity index (χ2v) is 10.7. The maximum atomic E-state index is 15.4. The molecule has 8 atom stereocenters. The van der Waals surface area contributed by atoms with Crippen LogP contribution in [0, 0.1) is 34.5 Å². The van der Waals surface area contributed by atoms with Crippen molar-refractivity contribution < 1.29 is 23.9 Å². The highest BCUT2D eigenvalue weighted by Gasteiger charge is 2.68. The summed E-state index contributed by atoms with van der Waals surface area (Å²) in [7, 11) is 0. The average Bonchev–Trinajstić information content (AvgIpc) is 2.84. The Morgan fingerprint density at radius 2 is 1.93 bits per heavy atom. The van der Waals surface area contributed by atoms with Crippen LogP contribution in [-0.4, -0.2) is 34.2 Å². The lowest BCUT2D eigenvalue weighted by Crippen LogP contribution is -2.58. The number of allylic oxidation sites excluding steroid dienone is 2. The summed E-state index contributed by atoms with van der Waals surface area (Å²) in [5, 5.41) is 11.6. The van der Waals surface area contributed by atoms with Crippen molar-refractivity contribution in [1.82, 2.24) is 0 Å². The Labute approximate surface area is 172 Å². The number of carbonyl (C=O) groups is 3. The average molecular weight is 405 g/mol. The van der Waals surface area contributed by atoms with E-state index in [1.54, 1.807) is 0 Å². The molecule has 29 heavy (non-hydrogen) atoms. The summed E-state index contributed by atoms with van der Waals surface area (Å²) in [5.74, 6) is -1.00. The Balaban J connectivity index is 1.74. The summed E-state index contributed by atoms with van der Waals surface area (Å²) in [6.45, 7) is 7.34. The molecule has 0 aromatic heterocycles. The second kappa shape index (κ2) is 6.57. The third-order valence-corrected chi connectivity index (χ3v) is 9.24. The Morgan fingerprint density at radius 1 is 1.24 bits per heavy atom. The molecule has 4 nitrogen and oxygen atoms in total. The van der Waals surface area contributed by atoms with Crippen LogP contribution in [0.15, 0.2) is 11.6 Å². The zero-order chi connectivity index (χ0) is 21.4. The van der Waals surface area contributed by atoms with Crippen molar-refractivity contribution in [2.24, 2.45) is 34.5 Å². The zero-order valence-electron chi connectivity index (χ0n) is 18.0. The number of halogens is 1. The number of Topliss-reactive ketones (excluding diaryl/α,β-unsaturated/α-hetero) is 3. The number of hydrogen-bond donors (Lipinski definition) is 1. The van der Waals surface area contributed by atoms with E-state index in [-0.39, 0.29) is 52.9 Å². The molecule has 160 valence electrons. The van der Waals surface area contributed by atoms with Crippen LogP contribution in [0.5, 0.6) is 0 Å². The van der Waals surface area contributed by atoms with Gasteiger partial charge in [-0.05, 0) is 55.8 Å². The lowest BCUT2D eigenvalue weighted by atomic mass is 9.48. The van der Waals surface area contributed by atoms with Gasteiger partial charge in [0.15, 0.2) is 5.78 Å². The van der Waals surface area contributed by atoms with Crippen LogP contribution in [-0.2, 0) is 14.4 Å².